The largest absolute Gasteiger partial charge is 0.361 e. The molecule has 0 fully saturated rings. The monoisotopic (exact) mass is 491 g/mol. The van der Waals surface area contributed by atoms with Gasteiger partial charge in [-0.15, -0.1) is 0 Å². The van der Waals surface area contributed by atoms with E-state index in [0.717, 1.165) is 46.4 Å². The summed E-state index contributed by atoms with van der Waals surface area (Å²) in [4.78, 5) is 0. The zero-order chi connectivity index (χ0) is 22.0. The zero-order valence-corrected chi connectivity index (χ0v) is 19.6. The van der Waals surface area contributed by atoms with Gasteiger partial charge in [0.15, 0.2) is 0 Å². The van der Waals surface area contributed by atoms with Crippen LogP contribution in [0.15, 0.2) is 63.7 Å². The van der Waals surface area contributed by atoms with Gasteiger partial charge in [0.05, 0.1) is 23.3 Å². The molecule has 0 bridgehead atoms. The van der Waals surface area contributed by atoms with Crippen molar-refractivity contribution in [2.75, 3.05) is 0 Å². The van der Waals surface area contributed by atoms with Crippen molar-refractivity contribution in [3.63, 3.8) is 0 Å². The van der Waals surface area contributed by atoms with Crippen molar-refractivity contribution in [2.24, 2.45) is 5.92 Å². The second-order valence-corrected chi connectivity index (χ2v) is 10.2. The second-order valence-electron chi connectivity index (χ2n) is 9.31. The highest BCUT2D eigenvalue weighted by atomic mass is 79.9. The first-order valence-corrected chi connectivity index (χ1v) is 11.8. The molecular weight excluding hydrogens is 469 g/mol. The van der Waals surface area contributed by atoms with E-state index in [0.29, 0.717) is 11.8 Å². The highest BCUT2D eigenvalue weighted by Crippen LogP contribution is 2.55. The van der Waals surface area contributed by atoms with E-state index in [1.807, 2.05) is 30.5 Å². The lowest BCUT2D eigenvalue weighted by atomic mass is 9.56. The Bertz CT molecular complexity index is 1310. The molecule has 0 N–H and O–H groups in total. The molecule has 3 atom stereocenters. The van der Waals surface area contributed by atoms with E-state index in [9.17, 15) is 4.39 Å². The molecule has 2 aliphatic carbocycles. The maximum absolute atomic E-state index is 13.6. The van der Waals surface area contributed by atoms with Crippen LogP contribution in [0.5, 0.6) is 0 Å². The van der Waals surface area contributed by atoms with Crippen LogP contribution in [0.4, 0.5) is 4.39 Å². The Morgan fingerprint density at radius 2 is 1.88 bits per heavy atom. The Hall–Kier alpha value is -2.73. The fraction of sp³-hybridized carbons (Fsp3) is 0.308. The number of benzene rings is 2. The standard InChI is InChI=1S/C26H23BrFN3O/c1-15-22-12-11-21-23(16-3-7-19(28)8-4-16)30-31(20-9-5-18(27)6-10-20)25(21)26(22,2)13-17-14-29-32-24(15)17/h3-10,14-15,22H,11-13H2,1-2H3/t15-,22-,26-/m1/s1. The maximum Gasteiger partial charge on any atom is 0.143 e. The van der Waals surface area contributed by atoms with Gasteiger partial charge in [-0.1, -0.05) is 34.9 Å². The van der Waals surface area contributed by atoms with Crippen LogP contribution in [0.3, 0.4) is 0 Å². The number of hydrogen-bond donors (Lipinski definition) is 0. The van der Waals surface area contributed by atoms with E-state index in [2.05, 4.69) is 51.7 Å². The van der Waals surface area contributed by atoms with Crippen LogP contribution in [-0.4, -0.2) is 14.9 Å². The number of halogens is 2. The van der Waals surface area contributed by atoms with Gasteiger partial charge in [-0.2, -0.15) is 5.10 Å². The molecule has 0 unspecified atom stereocenters. The van der Waals surface area contributed by atoms with E-state index in [1.165, 1.54) is 29.0 Å². The topological polar surface area (TPSA) is 43.9 Å². The first kappa shape index (κ1) is 19.9. The molecule has 6 heteroatoms. The zero-order valence-electron chi connectivity index (χ0n) is 18.0. The molecule has 0 aliphatic heterocycles. The number of hydrogen-bond acceptors (Lipinski definition) is 3. The lowest BCUT2D eigenvalue weighted by Crippen LogP contribution is -2.45. The Balaban J connectivity index is 1.60. The van der Waals surface area contributed by atoms with Crippen molar-refractivity contribution in [1.82, 2.24) is 14.9 Å². The van der Waals surface area contributed by atoms with Gasteiger partial charge < -0.3 is 4.52 Å². The van der Waals surface area contributed by atoms with Crippen molar-refractivity contribution in [3.8, 4) is 16.9 Å². The van der Waals surface area contributed by atoms with E-state index in [1.54, 1.807) is 0 Å². The third kappa shape index (κ3) is 2.85. The predicted molar refractivity (Wildman–Crippen MR) is 124 cm³/mol. The lowest BCUT2D eigenvalue weighted by molar-refractivity contribution is 0.170. The van der Waals surface area contributed by atoms with Crippen molar-refractivity contribution in [2.45, 2.75) is 44.4 Å². The van der Waals surface area contributed by atoms with Crippen LogP contribution < -0.4 is 0 Å². The third-order valence-electron chi connectivity index (χ3n) is 7.49. The van der Waals surface area contributed by atoms with Gasteiger partial charge in [-0.25, -0.2) is 9.07 Å². The van der Waals surface area contributed by atoms with Crippen LogP contribution in [0.2, 0.25) is 0 Å². The Morgan fingerprint density at radius 1 is 1.12 bits per heavy atom. The molecule has 2 aromatic carbocycles. The fourth-order valence-electron chi connectivity index (χ4n) is 6.05. The summed E-state index contributed by atoms with van der Waals surface area (Å²) in [6, 6.07) is 15.0. The molecule has 162 valence electrons. The van der Waals surface area contributed by atoms with Crippen LogP contribution in [0, 0.1) is 11.7 Å². The van der Waals surface area contributed by atoms with Gasteiger partial charge in [0, 0.05) is 32.5 Å². The minimum Gasteiger partial charge on any atom is -0.361 e. The van der Waals surface area contributed by atoms with Gasteiger partial charge in [-0.05, 0) is 73.7 Å². The summed E-state index contributed by atoms with van der Waals surface area (Å²) in [5.41, 5.74) is 6.55. The predicted octanol–water partition coefficient (Wildman–Crippen LogP) is 6.61. The average molecular weight is 492 g/mol. The fourth-order valence-corrected chi connectivity index (χ4v) is 6.31. The number of aromatic nitrogens is 3. The molecule has 4 aromatic rings. The van der Waals surface area contributed by atoms with Crippen LogP contribution >= 0.6 is 15.9 Å². The molecule has 0 radical (unpaired) electrons. The second kappa shape index (κ2) is 7.14. The normalized spacial score (nSPS) is 24.0. The summed E-state index contributed by atoms with van der Waals surface area (Å²) in [5, 5.41) is 9.25. The summed E-state index contributed by atoms with van der Waals surface area (Å²) in [5.74, 6) is 1.52. The van der Waals surface area contributed by atoms with Crippen molar-refractivity contribution in [3.05, 3.63) is 87.6 Å². The van der Waals surface area contributed by atoms with Crippen LogP contribution in [0.25, 0.3) is 16.9 Å². The highest BCUT2D eigenvalue weighted by molar-refractivity contribution is 9.10. The molecule has 0 amide bonds. The molecule has 2 aromatic heterocycles. The molecule has 32 heavy (non-hydrogen) atoms. The van der Waals surface area contributed by atoms with Crippen LogP contribution in [-0.2, 0) is 18.3 Å². The first-order valence-electron chi connectivity index (χ1n) is 11.0. The molecule has 0 spiro atoms. The van der Waals surface area contributed by atoms with Crippen molar-refractivity contribution < 1.29 is 8.91 Å². The quantitative estimate of drug-likeness (QED) is 0.316. The van der Waals surface area contributed by atoms with Gasteiger partial charge in [0.25, 0.3) is 0 Å². The minimum absolute atomic E-state index is 0.107. The Kier molecular flexibility index (Phi) is 4.44. The SMILES string of the molecule is C[C@H]1c2oncc2C[C@@]2(C)c3c(c(-c4ccc(F)cc4)nn3-c3ccc(Br)cc3)CC[C@H]12. The van der Waals surface area contributed by atoms with Gasteiger partial charge in [-0.3, -0.25) is 0 Å². The van der Waals surface area contributed by atoms with Crippen LogP contribution in [0.1, 0.15) is 48.8 Å². The highest BCUT2D eigenvalue weighted by Gasteiger charge is 2.51. The summed E-state index contributed by atoms with van der Waals surface area (Å²) < 4.78 is 22.4. The van der Waals surface area contributed by atoms with Crippen molar-refractivity contribution >= 4 is 15.9 Å². The molecular formula is C26H23BrFN3O. The summed E-state index contributed by atoms with van der Waals surface area (Å²) >= 11 is 3.55. The Labute approximate surface area is 194 Å². The molecule has 0 saturated heterocycles. The number of rotatable bonds is 2. The maximum atomic E-state index is 13.6. The van der Waals surface area contributed by atoms with Gasteiger partial charge in [0.2, 0.25) is 0 Å². The summed E-state index contributed by atoms with van der Waals surface area (Å²) in [6.07, 6.45) is 4.75. The number of nitrogens with zero attached hydrogens (tertiary/aromatic N) is 3. The smallest absolute Gasteiger partial charge is 0.143 e. The molecule has 6 rings (SSSR count). The molecule has 2 heterocycles. The summed E-state index contributed by atoms with van der Waals surface area (Å²) in [6.45, 7) is 4.63. The third-order valence-corrected chi connectivity index (χ3v) is 8.02. The van der Waals surface area contributed by atoms with E-state index >= 15 is 0 Å². The van der Waals surface area contributed by atoms with Gasteiger partial charge in [0.1, 0.15) is 11.6 Å². The molecule has 0 saturated carbocycles. The van der Waals surface area contributed by atoms with Crippen molar-refractivity contribution in [1.29, 1.82) is 0 Å². The Morgan fingerprint density at radius 3 is 2.62 bits per heavy atom. The lowest BCUT2D eigenvalue weighted by Gasteiger charge is -2.47. The number of fused-ring (bicyclic) bond motifs is 4. The van der Waals surface area contributed by atoms with E-state index in [4.69, 9.17) is 9.62 Å². The first-order chi connectivity index (χ1) is 15.5. The van der Waals surface area contributed by atoms with Gasteiger partial charge >= 0.3 is 0 Å². The molecule has 2 aliphatic rings. The summed E-state index contributed by atoms with van der Waals surface area (Å²) in [7, 11) is 0. The average Bonchev–Trinajstić information content (AvgIpc) is 3.40. The van der Waals surface area contributed by atoms with E-state index in [-0.39, 0.29) is 11.2 Å². The minimum atomic E-state index is -0.233. The molecule has 4 nitrogen and oxygen atoms in total. The van der Waals surface area contributed by atoms with E-state index < -0.39 is 0 Å².